The average molecular weight is 218 g/mol. The van der Waals surface area contributed by atoms with Crippen LogP contribution in [0.25, 0.3) is 0 Å². The van der Waals surface area contributed by atoms with Crippen LogP contribution in [0, 0.1) is 6.92 Å². The van der Waals surface area contributed by atoms with Gasteiger partial charge in [0.1, 0.15) is 11.9 Å². The van der Waals surface area contributed by atoms with E-state index in [9.17, 15) is 0 Å². The van der Waals surface area contributed by atoms with Crippen LogP contribution < -0.4 is 11.3 Å². The predicted molar refractivity (Wildman–Crippen MR) is 59.1 cm³/mol. The lowest BCUT2D eigenvalue weighted by atomic mass is 10.1. The van der Waals surface area contributed by atoms with Crippen molar-refractivity contribution in [1.82, 2.24) is 25.2 Å². The number of hydrogen-bond acceptors (Lipinski definition) is 5. The molecule has 0 aliphatic heterocycles. The van der Waals surface area contributed by atoms with Crippen molar-refractivity contribution in [2.45, 2.75) is 13.0 Å². The summed E-state index contributed by atoms with van der Waals surface area (Å²) in [6.07, 6.45) is 3.45. The van der Waals surface area contributed by atoms with Gasteiger partial charge in [0.25, 0.3) is 0 Å². The van der Waals surface area contributed by atoms with E-state index in [1.807, 2.05) is 26.1 Å². The second-order valence-corrected chi connectivity index (χ2v) is 3.51. The highest BCUT2D eigenvalue weighted by atomic mass is 15.3. The number of nitrogens with one attached hydrogen (secondary N) is 1. The predicted octanol–water partition coefficient (Wildman–Crippen LogP) is 0.0712. The Balaban J connectivity index is 2.40. The molecule has 2 aromatic heterocycles. The summed E-state index contributed by atoms with van der Waals surface area (Å²) < 4.78 is 1.77. The largest absolute Gasteiger partial charge is 0.271 e. The maximum atomic E-state index is 5.56. The lowest BCUT2D eigenvalue weighted by molar-refractivity contribution is 0.561. The molecule has 2 heterocycles. The zero-order chi connectivity index (χ0) is 11.5. The molecule has 0 radical (unpaired) electrons. The number of hydrazine groups is 1. The highest BCUT2D eigenvalue weighted by molar-refractivity contribution is 5.20. The minimum Gasteiger partial charge on any atom is -0.271 e. The topological polar surface area (TPSA) is 81.6 Å². The first-order valence-corrected chi connectivity index (χ1v) is 4.96. The molecule has 0 saturated heterocycles. The van der Waals surface area contributed by atoms with E-state index < -0.39 is 0 Å². The second kappa shape index (κ2) is 4.38. The molecule has 3 N–H and O–H groups in total. The van der Waals surface area contributed by atoms with Crippen LogP contribution in [0.5, 0.6) is 0 Å². The number of nitrogens with zero attached hydrogens (tertiary/aromatic N) is 4. The van der Waals surface area contributed by atoms with Crippen molar-refractivity contribution in [3.05, 3.63) is 41.7 Å². The zero-order valence-corrected chi connectivity index (χ0v) is 9.25. The van der Waals surface area contributed by atoms with Gasteiger partial charge in [0, 0.05) is 19.4 Å². The van der Waals surface area contributed by atoms with Crippen LogP contribution in [-0.4, -0.2) is 19.7 Å². The van der Waals surface area contributed by atoms with E-state index in [0.717, 1.165) is 17.2 Å². The third kappa shape index (κ3) is 1.93. The minimum atomic E-state index is -0.172. The third-order valence-corrected chi connectivity index (χ3v) is 2.41. The third-order valence-electron chi connectivity index (χ3n) is 2.41. The molecule has 0 fully saturated rings. The first kappa shape index (κ1) is 10.7. The van der Waals surface area contributed by atoms with Gasteiger partial charge in [0.15, 0.2) is 0 Å². The average Bonchev–Trinajstić information content (AvgIpc) is 2.67. The Morgan fingerprint density at radius 2 is 2.19 bits per heavy atom. The van der Waals surface area contributed by atoms with Gasteiger partial charge in [0.2, 0.25) is 0 Å². The monoisotopic (exact) mass is 218 g/mol. The lowest BCUT2D eigenvalue weighted by Gasteiger charge is -2.15. The number of aryl methyl sites for hydroxylation is 2. The summed E-state index contributed by atoms with van der Waals surface area (Å²) in [5.74, 6) is 6.29. The summed E-state index contributed by atoms with van der Waals surface area (Å²) in [6, 6.07) is 3.57. The molecule has 1 atom stereocenters. The Bertz CT molecular complexity index is 478. The second-order valence-electron chi connectivity index (χ2n) is 3.51. The van der Waals surface area contributed by atoms with E-state index in [2.05, 4.69) is 20.5 Å². The molecule has 0 aliphatic carbocycles. The SMILES string of the molecule is Cc1nccc(C(NN)c2ccnn2C)n1. The van der Waals surface area contributed by atoms with Gasteiger partial charge in [-0.3, -0.25) is 10.5 Å². The molecular weight excluding hydrogens is 204 g/mol. The van der Waals surface area contributed by atoms with Gasteiger partial charge in [0.05, 0.1) is 11.4 Å². The quantitative estimate of drug-likeness (QED) is 0.563. The van der Waals surface area contributed by atoms with Gasteiger partial charge in [-0.15, -0.1) is 0 Å². The van der Waals surface area contributed by atoms with Crippen molar-refractivity contribution >= 4 is 0 Å². The van der Waals surface area contributed by atoms with Crippen LogP contribution in [0.1, 0.15) is 23.3 Å². The van der Waals surface area contributed by atoms with Gasteiger partial charge in [-0.05, 0) is 19.1 Å². The summed E-state index contributed by atoms with van der Waals surface area (Å²) in [5.41, 5.74) is 4.53. The van der Waals surface area contributed by atoms with E-state index in [1.54, 1.807) is 17.1 Å². The highest BCUT2D eigenvalue weighted by Crippen LogP contribution is 2.17. The molecule has 0 spiro atoms. The molecule has 6 nitrogen and oxygen atoms in total. The zero-order valence-electron chi connectivity index (χ0n) is 9.25. The molecule has 0 aliphatic rings. The maximum absolute atomic E-state index is 5.56. The maximum Gasteiger partial charge on any atom is 0.125 e. The van der Waals surface area contributed by atoms with Crippen molar-refractivity contribution in [3.63, 3.8) is 0 Å². The molecular formula is C10H14N6. The summed E-state index contributed by atoms with van der Waals surface area (Å²) in [7, 11) is 1.87. The van der Waals surface area contributed by atoms with Crippen LogP contribution >= 0.6 is 0 Å². The summed E-state index contributed by atoms with van der Waals surface area (Å²) in [5, 5.41) is 4.11. The Labute approximate surface area is 93.5 Å². The first-order valence-electron chi connectivity index (χ1n) is 4.96. The lowest BCUT2D eigenvalue weighted by Crippen LogP contribution is -2.31. The Kier molecular flexibility index (Phi) is 2.93. The summed E-state index contributed by atoms with van der Waals surface area (Å²) >= 11 is 0. The molecule has 0 amide bonds. The number of rotatable bonds is 3. The van der Waals surface area contributed by atoms with Crippen LogP contribution in [0.15, 0.2) is 24.5 Å². The fourth-order valence-electron chi connectivity index (χ4n) is 1.62. The van der Waals surface area contributed by atoms with Crippen molar-refractivity contribution in [2.24, 2.45) is 12.9 Å². The molecule has 84 valence electrons. The molecule has 1 unspecified atom stereocenters. The van der Waals surface area contributed by atoms with Crippen molar-refractivity contribution in [3.8, 4) is 0 Å². The highest BCUT2D eigenvalue weighted by Gasteiger charge is 2.17. The normalized spacial score (nSPS) is 12.7. The van der Waals surface area contributed by atoms with E-state index in [4.69, 9.17) is 5.84 Å². The molecule has 2 aromatic rings. The Morgan fingerprint density at radius 3 is 2.75 bits per heavy atom. The van der Waals surface area contributed by atoms with Crippen LogP contribution in [0.3, 0.4) is 0 Å². The molecule has 0 bridgehead atoms. The van der Waals surface area contributed by atoms with Gasteiger partial charge in [-0.2, -0.15) is 5.10 Å². The van der Waals surface area contributed by atoms with Crippen molar-refractivity contribution < 1.29 is 0 Å². The van der Waals surface area contributed by atoms with Crippen molar-refractivity contribution in [2.75, 3.05) is 0 Å². The fourth-order valence-corrected chi connectivity index (χ4v) is 1.62. The molecule has 6 heteroatoms. The molecule has 16 heavy (non-hydrogen) atoms. The number of aromatic nitrogens is 4. The molecule has 2 rings (SSSR count). The molecule has 0 aromatic carbocycles. The van der Waals surface area contributed by atoms with E-state index in [-0.39, 0.29) is 6.04 Å². The fraction of sp³-hybridized carbons (Fsp3) is 0.300. The summed E-state index contributed by atoms with van der Waals surface area (Å²) in [6.45, 7) is 1.85. The Hall–Kier alpha value is -1.79. The van der Waals surface area contributed by atoms with E-state index in [1.165, 1.54) is 0 Å². The van der Waals surface area contributed by atoms with Crippen molar-refractivity contribution in [1.29, 1.82) is 0 Å². The first-order chi connectivity index (χ1) is 7.72. The van der Waals surface area contributed by atoms with Crippen LogP contribution in [0.4, 0.5) is 0 Å². The smallest absolute Gasteiger partial charge is 0.125 e. The number of hydrogen-bond donors (Lipinski definition) is 2. The van der Waals surface area contributed by atoms with E-state index >= 15 is 0 Å². The van der Waals surface area contributed by atoms with Crippen LogP contribution in [0.2, 0.25) is 0 Å². The van der Waals surface area contributed by atoms with Gasteiger partial charge >= 0.3 is 0 Å². The summed E-state index contributed by atoms with van der Waals surface area (Å²) in [4.78, 5) is 8.40. The van der Waals surface area contributed by atoms with E-state index in [0.29, 0.717) is 0 Å². The molecule has 0 saturated carbocycles. The van der Waals surface area contributed by atoms with Gasteiger partial charge in [-0.25, -0.2) is 15.4 Å². The Morgan fingerprint density at radius 1 is 1.38 bits per heavy atom. The van der Waals surface area contributed by atoms with Gasteiger partial charge < -0.3 is 0 Å². The van der Waals surface area contributed by atoms with Gasteiger partial charge in [-0.1, -0.05) is 0 Å². The minimum absolute atomic E-state index is 0.172. The van der Waals surface area contributed by atoms with Crippen LogP contribution in [-0.2, 0) is 7.05 Å². The number of nitrogens with two attached hydrogens (primary N) is 1. The standard InChI is InChI=1S/C10H14N6/c1-7-12-5-3-8(14-7)10(15-11)9-4-6-13-16(9)2/h3-6,10,15H,11H2,1-2H3.